The Bertz CT molecular complexity index is 94.5. The molecule has 0 aliphatic heterocycles. The van der Waals surface area contributed by atoms with Crippen LogP contribution in [0.25, 0.3) is 0 Å². The lowest BCUT2D eigenvalue weighted by Gasteiger charge is -2.25. The summed E-state index contributed by atoms with van der Waals surface area (Å²) in [5.74, 6) is -0.557. The molecule has 4 N–H and O–H groups in total. The van der Waals surface area contributed by atoms with Gasteiger partial charge in [0, 0.05) is 13.1 Å². The number of ether oxygens (including phenoxy) is 2. The Labute approximate surface area is 92.1 Å². The van der Waals surface area contributed by atoms with Crippen molar-refractivity contribution in [3.05, 3.63) is 0 Å². The van der Waals surface area contributed by atoms with Gasteiger partial charge in [0.1, 0.15) is 0 Å². The molecule has 0 fully saturated rings. The quantitative estimate of drug-likeness (QED) is 0.658. The highest BCUT2D eigenvalue weighted by Gasteiger charge is 2.17. The molecule has 0 saturated carbocycles. The van der Waals surface area contributed by atoms with Crippen molar-refractivity contribution in [2.75, 3.05) is 26.3 Å². The first-order valence-corrected chi connectivity index (χ1v) is 3.80. The van der Waals surface area contributed by atoms with Gasteiger partial charge in [-0.25, -0.2) is 0 Å². The molecule has 0 saturated heterocycles. The third kappa shape index (κ3) is 12.4. The highest BCUT2D eigenvalue weighted by molar-refractivity contribution is 5.85. The van der Waals surface area contributed by atoms with Crippen molar-refractivity contribution in [2.45, 2.75) is 19.6 Å². The fraction of sp³-hybridized carbons (Fsp3) is 1.00. The van der Waals surface area contributed by atoms with Crippen molar-refractivity contribution in [3.8, 4) is 0 Å². The second-order valence-corrected chi connectivity index (χ2v) is 2.67. The van der Waals surface area contributed by atoms with Crippen molar-refractivity contribution < 1.29 is 9.47 Å². The summed E-state index contributed by atoms with van der Waals surface area (Å²) >= 11 is 0. The monoisotopic (exact) mass is 234 g/mol. The minimum atomic E-state index is -0.557. The molecule has 0 bridgehead atoms. The summed E-state index contributed by atoms with van der Waals surface area (Å²) in [5, 5.41) is 0. The molecule has 0 aromatic carbocycles. The number of halogens is 2. The predicted octanol–water partition coefficient (Wildman–Crippen LogP) is 0.517. The molecule has 0 aromatic rings. The topological polar surface area (TPSA) is 70.5 Å². The second kappa shape index (κ2) is 10.5. The molecule has 6 heteroatoms. The zero-order valence-corrected chi connectivity index (χ0v) is 9.75. The Morgan fingerprint density at radius 1 is 0.923 bits per heavy atom. The summed E-state index contributed by atoms with van der Waals surface area (Å²) < 4.78 is 10.6. The summed E-state index contributed by atoms with van der Waals surface area (Å²) in [6, 6.07) is 0. The van der Waals surface area contributed by atoms with E-state index in [1.807, 2.05) is 13.8 Å². The van der Waals surface area contributed by atoms with E-state index in [2.05, 4.69) is 0 Å². The van der Waals surface area contributed by atoms with Crippen LogP contribution in [0, 0.1) is 0 Å². The van der Waals surface area contributed by atoms with Gasteiger partial charge in [-0.15, -0.1) is 24.8 Å². The molecule has 0 rings (SSSR count). The van der Waals surface area contributed by atoms with Gasteiger partial charge in [0.25, 0.3) is 0 Å². The average Bonchev–Trinajstić information content (AvgIpc) is 1.97. The zero-order valence-electron chi connectivity index (χ0n) is 8.12. The fourth-order valence-electron chi connectivity index (χ4n) is 0.651. The third-order valence-corrected chi connectivity index (χ3v) is 1.14. The Kier molecular flexibility index (Phi) is 15.4. The molecule has 0 amide bonds. The zero-order chi connectivity index (χ0) is 8.74. The molecular formula is C7H20Cl2N2O2. The molecule has 0 radical (unpaired) electrons. The standard InChI is InChI=1S/C7H18N2O2.2ClH/c1-7(2,10-5-3-8)11-6-4-9;;/h3-6,8-9H2,1-2H3;2*1H. The molecule has 0 heterocycles. The van der Waals surface area contributed by atoms with Gasteiger partial charge in [-0.2, -0.15) is 0 Å². The van der Waals surface area contributed by atoms with E-state index in [0.717, 1.165) is 0 Å². The highest BCUT2D eigenvalue weighted by atomic mass is 35.5. The lowest BCUT2D eigenvalue weighted by atomic mass is 10.4. The van der Waals surface area contributed by atoms with Gasteiger partial charge in [0.15, 0.2) is 5.79 Å². The van der Waals surface area contributed by atoms with Gasteiger partial charge in [-0.1, -0.05) is 0 Å². The maximum atomic E-state index is 5.28. The summed E-state index contributed by atoms with van der Waals surface area (Å²) in [7, 11) is 0. The van der Waals surface area contributed by atoms with E-state index in [0.29, 0.717) is 26.3 Å². The molecule has 0 aliphatic rings. The van der Waals surface area contributed by atoms with Crippen LogP contribution in [-0.2, 0) is 9.47 Å². The largest absolute Gasteiger partial charge is 0.349 e. The predicted molar refractivity (Wildman–Crippen MR) is 58.6 cm³/mol. The number of rotatable bonds is 6. The van der Waals surface area contributed by atoms with E-state index in [1.165, 1.54) is 0 Å². The van der Waals surface area contributed by atoms with E-state index >= 15 is 0 Å². The molecule has 4 nitrogen and oxygen atoms in total. The maximum absolute atomic E-state index is 5.28. The van der Waals surface area contributed by atoms with Crippen LogP contribution in [0.15, 0.2) is 0 Å². The van der Waals surface area contributed by atoms with E-state index in [1.54, 1.807) is 0 Å². The first-order chi connectivity index (χ1) is 5.12. The van der Waals surface area contributed by atoms with Gasteiger partial charge >= 0.3 is 0 Å². The minimum Gasteiger partial charge on any atom is -0.349 e. The highest BCUT2D eigenvalue weighted by Crippen LogP contribution is 2.09. The van der Waals surface area contributed by atoms with Crippen LogP contribution in [0.5, 0.6) is 0 Å². The van der Waals surface area contributed by atoms with Gasteiger partial charge in [0.2, 0.25) is 0 Å². The van der Waals surface area contributed by atoms with Crippen LogP contribution >= 0.6 is 24.8 Å². The van der Waals surface area contributed by atoms with Gasteiger partial charge in [-0.05, 0) is 13.8 Å². The van der Waals surface area contributed by atoms with Gasteiger partial charge in [0.05, 0.1) is 13.2 Å². The van der Waals surface area contributed by atoms with E-state index in [9.17, 15) is 0 Å². The molecule has 13 heavy (non-hydrogen) atoms. The molecular weight excluding hydrogens is 215 g/mol. The van der Waals surface area contributed by atoms with Crippen LogP contribution in [0.1, 0.15) is 13.8 Å². The summed E-state index contributed by atoms with van der Waals surface area (Å²) in [5.41, 5.74) is 10.5. The normalized spacial score (nSPS) is 10.2. The van der Waals surface area contributed by atoms with Crippen molar-refractivity contribution in [2.24, 2.45) is 11.5 Å². The first-order valence-electron chi connectivity index (χ1n) is 3.80. The van der Waals surface area contributed by atoms with Crippen LogP contribution in [0.3, 0.4) is 0 Å². The van der Waals surface area contributed by atoms with Gasteiger partial charge < -0.3 is 20.9 Å². The Balaban J connectivity index is -0.000000500. The van der Waals surface area contributed by atoms with Crippen molar-refractivity contribution in [1.82, 2.24) is 0 Å². The fourth-order valence-corrected chi connectivity index (χ4v) is 0.651. The lowest BCUT2D eigenvalue weighted by Crippen LogP contribution is -2.32. The summed E-state index contributed by atoms with van der Waals surface area (Å²) in [6.07, 6.45) is 0. The van der Waals surface area contributed by atoms with E-state index < -0.39 is 5.79 Å². The SMILES string of the molecule is CC(C)(OCCN)OCCN.Cl.Cl. The third-order valence-electron chi connectivity index (χ3n) is 1.14. The first kappa shape index (κ1) is 19.1. The van der Waals surface area contributed by atoms with Crippen LogP contribution in [0.2, 0.25) is 0 Å². The maximum Gasteiger partial charge on any atom is 0.162 e. The summed E-state index contributed by atoms with van der Waals surface area (Å²) in [6.45, 7) is 5.73. The molecule has 0 atom stereocenters. The van der Waals surface area contributed by atoms with Crippen LogP contribution in [0.4, 0.5) is 0 Å². The van der Waals surface area contributed by atoms with Crippen molar-refractivity contribution in [3.63, 3.8) is 0 Å². The minimum absolute atomic E-state index is 0. The number of hydrogen-bond donors (Lipinski definition) is 2. The van der Waals surface area contributed by atoms with Crippen molar-refractivity contribution in [1.29, 1.82) is 0 Å². The molecule has 84 valence electrons. The molecule has 0 unspecified atom stereocenters. The lowest BCUT2D eigenvalue weighted by molar-refractivity contribution is -0.209. The Hall–Kier alpha value is 0.420. The van der Waals surface area contributed by atoms with Crippen molar-refractivity contribution >= 4 is 24.8 Å². The molecule has 0 aromatic heterocycles. The summed E-state index contributed by atoms with van der Waals surface area (Å²) in [4.78, 5) is 0. The van der Waals surface area contributed by atoms with Crippen LogP contribution in [-0.4, -0.2) is 32.1 Å². The number of hydrogen-bond acceptors (Lipinski definition) is 4. The van der Waals surface area contributed by atoms with E-state index in [-0.39, 0.29) is 24.8 Å². The Morgan fingerprint density at radius 2 is 1.23 bits per heavy atom. The second-order valence-electron chi connectivity index (χ2n) is 2.67. The van der Waals surface area contributed by atoms with Crippen LogP contribution < -0.4 is 11.5 Å². The average molecular weight is 235 g/mol. The Morgan fingerprint density at radius 3 is 1.46 bits per heavy atom. The van der Waals surface area contributed by atoms with Gasteiger partial charge in [-0.3, -0.25) is 0 Å². The smallest absolute Gasteiger partial charge is 0.162 e. The molecule has 0 aliphatic carbocycles. The number of nitrogens with two attached hydrogens (primary N) is 2. The molecule has 0 spiro atoms. The van der Waals surface area contributed by atoms with E-state index in [4.69, 9.17) is 20.9 Å².